The van der Waals surface area contributed by atoms with Crippen LogP contribution in [0.4, 0.5) is 0 Å². The van der Waals surface area contributed by atoms with Crippen molar-refractivity contribution in [2.75, 3.05) is 7.04 Å². The molecule has 2 aromatic heterocycles. The third kappa shape index (κ3) is 2.09. The van der Waals surface area contributed by atoms with E-state index in [0.29, 0.717) is 16.6 Å². The standard InChI is InChI=1S/C18H15N3O2/c1-11-6-7-14-16(8-11)19-10-15-17(14)20-21(18(15)22)12-4-3-5-13(9-12)23-2/h3-10,20H,1-2H3/i2D3. The Bertz CT molecular complexity index is 1190. The first kappa shape index (κ1) is 10.6. The number of fused-ring (bicyclic) bond motifs is 3. The number of hydrogen-bond acceptors (Lipinski definition) is 3. The second-order valence-electron chi connectivity index (χ2n) is 5.42. The van der Waals surface area contributed by atoms with Crippen molar-refractivity contribution in [3.05, 3.63) is 64.6 Å². The molecule has 0 unspecified atom stereocenters. The highest BCUT2D eigenvalue weighted by Gasteiger charge is 2.12. The van der Waals surface area contributed by atoms with E-state index in [0.717, 1.165) is 16.5 Å². The summed E-state index contributed by atoms with van der Waals surface area (Å²) >= 11 is 0. The van der Waals surface area contributed by atoms with Gasteiger partial charge in [-0.2, -0.15) is 0 Å². The molecule has 1 N–H and O–H groups in total. The fourth-order valence-electron chi connectivity index (χ4n) is 2.74. The number of aryl methyl sites for hydroxylation is 1. The molecule has 0 saturated carbocycles. The molecule has 0 aliphatic heterocycles. The van der Waals surface area contributed by atoms with Gasteiger partial charge in [-0.25, -0.2) is 4.68 Å². The topological polar surface area (TPSA) is 59.9 Å². The third-order valence-corrected chi connectivity index (χ3v) is 3.88. The summed E-state index contributed by atoms with van der Waals surface area (Å²) in [6.07, 6.45) is 1.55. The predicted octanol–water partition coefficient (Wildman–Crippen LogP) is 3.18. The Morgan fingerprint density at radius 3 is 3.00 bits per heavy atom. The summed E-state index contributed by atoms with van der Waals surface area (Å²) in [6.45, 7) is 1.98. The van der Waals surface area contributed by atoms with Gasteiger partial charge in [0.2, 0.25) is 0 Å². The molecule has 0 fully saturated rings. The summed E-state index contributed by atoms with van der Waals surface area (Å²) in [6, 6.07) is 12.2. The summed E-state index contributed by atoms with van der Waals surface area (Å²) < 4.78 is 27.9. The lowest BCUT2D eigenvalue weighted by Crippen LogP contribution is -2.14. The number of pyridine rings is 1. The number of H-pyrrole nitrogens is 1. The molecule has 0 amide bonds. The van der Waals surface area contributed by atoms with Gasteiger partial charge < -0.3 is 4.74 Å². The van der Waals surface area contributed by atoms with E-state index < -0.39 is 7.04 Å². The van der Waals surface area contributed by atoms with Crippen LogP contribution in [0.5, 0.6) is 5.75 Å². The third-order valence-electron chi connectivity index (χ3n) is 3.88. The van der Waals surface area contributed by atoms with E-state index in [1.807, 2.05) is 25.1 Å². The molecule has 0 radical (unpaired) electrons. The van der Waals surface area contributed by atoms with Crippen molar-refractivity contribution >= 4 is 21.8 Å². The quantitative estimate of drug-likeness (QED) is 0.618. The highest BCUT2D eigenvalue weighted by Crippen LogP contribution is 2.22. The van der Waals surface area contributed by atoms with Crippen molar-refractivity contribution in [3.8, 4) is 11.4 Å². The van der Waals surface area contributed by atoms with Gasteiger partial charge in [0.15, 0.2) is 0 Å². The minimum atomic E-state index is -2.55. The van der Waals surface area contributed by atoms with Crippen LogP contribution in [0.3, 0.4) is 0 Å². The van der Waals surface area contributed by atoms with E-state index in [4.69, 9.17) is 8.85 Å². The van der Waals surface area contributed by atoms with E-state index in [1.54, 1.807) is 18.3 Å². The van der Waals surface area contributed by atoms with Gasteiger partial charge in [-0.05, 0) is 30.7 Å². The predicted molar refractivity (Wildman–Crippen MR) is 90.5 cm³/mol. The second-order valence-corrected chi connectivity index (χ2v) is 5.42. The minimum absolute atomic E-state index is 0.159. The first-order valence-corrected chi connectivity index (χ1v) is 7.11. The summed E-state index contributed by atoms with van der Waals surface area (Å²) in [5.41, 5.74) is 2.78. The Kier molecular flexibility index (Phi) is 2.30. The molecule has 0 aliphatic rings. The highest BCUT2D eigenvalue weighted by molar-refractivity contribution is 6.02. The number of aromatic nitrogens is 3. The lowest BCUT2D eigenvalue weighted by atomic mass is 10.1. The summed E-state index contributed by atoms with van der Waals surface area (Å²) in [5, 5.41) is 4.41. The van der Waals surface area contributed by atoms with Crippen molar-refractivity contribution in [1.29, 1.82) is 0 Å². The average Bonchev–Trinajstić information content (AvgIpc) is 2.90. The smallest absolute Gasteiger partial charge is 0.280 e. The van der Waals surface area contributed by atoms with Gasteiger partial charge in [0.05, 0.1) is 33.3 Å². The van der Waals surface area contributed by atoms with Crippen LogP contribution in [-0.2, 0) is 0 Å². The van der Waals surface area contributed by atoms with E-state index >= 15 is 0 Å². The Balaban J connectivity index is 1.90. The van der Waals surface area contributed by atoms with Gasteiger partial charge in [-0.3, -0.25) is 14.9 Å². The first-order chi connectivity index (χ1) is 12.3. The van der Waals surface area contributed by atoms with Crippen LogP contribution >= 0.6 is 0 Å². The van der Waals surface area contributed by atoms with E-state index in [1.165, 1.54) is 16.8 Å². The summed E-state index contributed by atoms with van der Waals surface area (Å²) in [5.74, 6) is 0.159. The molecular weight excluding hydrogens is 290 g/mol. The van der Waals surface area contributed by atoms with Crippen LogP contribution < -0.4 is 10.3 Å². The number of ether oxygens (including phenoxy) is 1. The molecule has 4 rings (SSSR count). The molecule has 114 valence electrons. The van der Waals surface area contributed by atoms with Gasteiger partial charge in [0.1, 0.15) is 5.75 Å². The molecule has 2 aromatic carbocycles. The lowest BCUT2D eigenvalue weighted by molar-refractivity contribution is 0.414. The van der Waals surface area contributed by atoms with Crippen LogP contribution in [0.1, 0.15) is 9.68 Å². The Morgan fingerprint density at radius 2 is 2.13 bits per heavy atom. The second kappa shape index (κ2) is 4.98. The fraction of sp³-hybridized carbons (Fsp3) is 0.111. The van der Waals surface area contributed by atoms with Crippen LogP contribution in [0.15, 0.2) is 53.5 Å². The van der Waals surface area contributed by atoms with Gasteiger partial charge in [-0.1, -0.05) is 18.2 Å². The molecule has 0 saturated heterocycles. The molecule has 0 aliphatic carbocycles. The van der Waals surface area contributed by atoms with Crippen molar-refractivity contribution in [1.82, 2.24) is 14.8 Å². The Morgan fingerprint density at radius 1 is 1.22 bits per heavy atom. The number of nitrogens with one attached hydrogen (secondary N) is 1. The minimum Gasteiger partial charge on any atom is -0.497 e. The molecule has 4 aromatic rings. The summed E-state index contributed by atoms with van der Waals surface area (Å²) in [4.78, 5) is 17.1. The number of rotatable bonds is 2. The Hall–Kier alpha value is -3.08. The zero-order valence-corrected chi connectivity index (χ0v) is 12.3. The molecule has 5 heteroatoms. The van der Waals surface area contributed by atoms with E-state index in [-0.39, 0.29) is 11.3 Å². The number of hydrogen-bond donors (Lipinski definition) is 1. The van der Waals surface area contributed by atoms with Crippen LogP contribution in [0.2, 0.25) is 0 Å². The van der Waals surface area contributed by atoms with Gasteiger partial charge in [-0.15, -0.1) is 0 Å². The van der Waals surface area contributed by atoms with Crippen molar-refractivity contribution < 1.29 is 8.85 Å². The molecule has 0 atom stereocenters. The highest BCUT2D eigenvalue weighted by atomic mass is 16.5. The number of aromatic amines is 1. The molecule has 2 heterocycles. The maximum atomic E-state index is 12.8. The zero-order valence-electron chi connectivity index (χ0n) is 15.3. The largest absolute Gasteiger partial charge is 0.497 e. The SMILES string of the molecule is [2H]C([2H])([2H])Oc1cccc(-n2[nH]c3c(cnc4cc(C)ccc43)c2=O)c1. The van der Waals surface area contributed by atoms with Gasteiger partial charge in [0, 0.05) is 17.6 Å². The molecule has 23 heavy (non-hydrogen) atoms. The molecule has 5 nitrogen and oxygen atoms in total. The van der Waals surface area contributed by atoms with Gasteiger partial charge >= 0.3 is 0 Å². The van der Waals surface area contributed by atoms with Crippen molar-refractivity contribution in [3.63, 3.8) is 0 Å². The fourth-order valence-corrected chi connectivity index (χ4v) is 2.74. The first-order valence-electron chi connectivity index (χ1n) is 8.61. The summed E-state index contributed by atoms with van der Waals surface area (Å²) in [7, 11) is -2.55. The van der Waals surface area contributed by atoms with Crippen LogP contribution in [-0.4, -0.2) is 21.8 Å². The molecule has 0 bridgehead atoms. The number of methoxy groups -OCH3 is 1. The number of nitrogens with zero attached hydrogens (tertiary/aromatic N) is 2. The van der Waals surface area contributed by atoms with E-state index in [9.17, 15) is 4.79 Å². The van der Waals surface area contributed by atoms with Crippen molar-refractivity contribution in [2.45, 2.75) is 6.92 Å². The lowest BCUT2D eigenvalue weighted by Gasteiger charge is -2.04. The van der Waals surface area contributed by atoms with Crippen molar-refractivity contribution in [2.24, 2.45) is 0 Å². The normalized spacial score (nSPS) is 13.7. The van der Waals surface area contributed by atoms with E-state index in [2.05, 4.69) is 10.1 Å². The monoisotopic (exact) mass is 308 g/mol. The molecule has 0 spiro atoms. The number of benzene rings is 2. The maximum absolute atomic E-state index is 12.8. The van der Waals surface area contributed by atoms with Crippen LogP contribution in [0.25, 0.3) is 27.5 Å². The van der Waals surface area contributed by atoms with Gasteiger partial charge in [0.25, 0.3) is 5.56 Å². The van der Waals surface area contributed by atoms with Crippen LogP contribution in [0, 0.1) is 6.92 Å². The Labute approximate surface area is 136 Å². The average molecular weight is 308 g/mol. The molecular formula is C18H15N3O2. The maximum Gasteiger partial charge on any atom is 0.280 e. The zero-order chi connectivity index (χ0) is 18.5.